The summed E-state index contributed by atoms with van der Waals surface area (Å²) in [7, 11) is 0. The van der Waals surface area contributed by atoms with Gasteiger partial charge in [0.25, 0.3) is 5.91 Å². The SMILES string of the molecule is CC(C)CCOc1cccc(C2c3c(-c4ccccc4O)n[nH]c3C(=O)N2CCc2ccccc2)c1. The minimum atomic E-state index is -0.349. The normalized spacial score (nSPS) is 14.9. The maximum Gasteiger partial charge on any atom is 0.273 e. The number of ether oxygens (including phenoxy) is 1. The van der Waals surface area contributed by atoms with Crippen LogP contribution in [0, 0.1) is 5.92 Å². The Morgan fingerprint density at radius 3 is 2.58 bits per heavy atom. The Morgan fingerprint density at radius 2 is 1.81 bits per heavy atom. The van der Waals surface area contributed by atoms with Gasteiger partial charge in [-0.3, -0.25) is 9.89 Å². The summed E-state index contributed by atoms with van der Waals surface area (Å²) in [4.78, 5) is 15.5. The number of nitrogens with zero attached hydrogens (tertiary/aromatic N) is 2. The third-order valence-electron chi connectivity index (χ3n) is 6.64. The summed E-state index contributed by atoms with van der Waals surface area (Å²) >= 11 is 0. The molecule has 2 N–H and O–H groups in total. The zero-order valence-corrected chi connectivity index (χ0v) is 20.6. The van der Waals surface area contributed by atoms with Gasteiger partial charge in [-0.1, -0.05) is 68.4 Å². The molecule has 3 aromatic carbocycles. The second-order valence-electron chi connectivity index (χ2n) is 9.62. The number of carbonyl (C=O) groups excluding carboxylic acids is 1. The van der Waals surface area contributed by atoms with Crippen molar-refractivity contribution in [2.45, 2.75) is 32.7 Å². The summed E-state index contributed by atoms with van der Waals surface area (Å²) in [5.41, 5.74) is 4.57. The van der Waals surface area contributed by atoms with Crippen molar-refractivity contribution in [1.29, 1.82) is 0 Å². The van der Waals surface area contributed by atoms with E-state index < -0.39 is 0 Å². The number of aromatic hydroxyl groups is 1. The van der Waals surface area contributed by atoms with Crippen LogP contribution in [0.2, 0.25) is 0 Å². The Morgan fingerprint density at radius 1 is 1.03 bits per heavy atom. The Labute approximate surface area is 211 Å². The molecule has 1 aromatic heterocycles. The summed E-state index contributed by atoms with van der Waals surface area (Å²) in [6.07, 6.45) is 1.70. The van der Waals surface area contributed by atoms with Crippen LogP contribution in [0.5, 0.6) is 11.5 Å². The van der Waals surface area contributed by atoms with Crippen LogP contribution in [-0.4, -0.2) is 39.3 Å². The molecule has 0 saturated carbocycles. The predicted octanol–water partition coefficient (Wildman–Crippen LogP) is 6.00. The fraction of sp³-hybridized carbons (Fsp3) is 0.267. The van der Waals surface area contributed by atoms with Gasteiger partial charge in [0.2, 0.25) is 0 Å². The molecule has 6 nitrogen and oxygen atoms in total. The summed E-state index contributed by atoms with van der Waals surface area (Å²) < 4.78 is 6.04. The van der Waals surface area contributed by atoms with Crippen molar-refractivity contribution < 1.29 is 14.6 Å². The van der Waals surface area contributed by atoms with Gasteiger partial charge in [0.05, 0.1) is 12.6 Å². The molecule has 1 unspecified atom stereocenters. The number of phenols is 1. The molecule has 0 aliphatic carbocycles. The molecule has 0 bridgehead atoms. The van der Waals surface area contributed by atoms with E-state index in [9.17, 15) is 9.90 Å². The van der Waals surface area contributed by atoms with Crippen LogP contribution in [0.15, 0.2) is 78.9 Å². The first-order valence-electron chi connectivity index (χ1n) is 12.5. The highest BCUT2D eigenvalue weighted by atomic mass is 16.5. The van der Waals surface area contributed by atoms with Crippen LogP contribution in [-0.2, 0) is 6.42 Å². The first kappa shape index (κ1) is 23.7. The molecule has 6 heteroatoms. The lowest BCUT2D eigenvalue weighted by molar-refractivity contribution is 0.0745. The number of fused-ring (bicyclic) bond motifs is 1. The molecule has 36 heavy (non-hydrogen) atoms. The van der Waals surface area contributed by atoms with Crippen LogP contribution in [0.1, 0.15) is 53.5 Å². The number of H-pyrrole nitrogens is 1. The van der Waals surface area contributed by atoms with Crippen LogP contribution in [0.25, 0.3) is 11.3 Å². The number of rotatable bonds is 9. The smallest absolute Gasteiger partial charge is 0.273 e. The second kappa shape index (κ2) is 10.3. The maximum absolute atomic E-state index is 13.6. The quantitative estimate of drug-likeness (QED) is 0.308. The highest BCUT2D eigenvalue weighted by molar-refractivity contribution is 6.00. The number of benzene rings is 3. The molecule has 1 amide bonds. The van der Waals surface area contributed by atoms with Crippen molar-refractivity contribution in [2.24, 2.45) is 5.92 Å². The number of para-hydroxylation sites is 1. The van der Waals surface area contributed by atoms with Crippen LogP contribution < -0.4 is 4.74 Å². The van der Waals surface area contributed by atoms with E-state index in [0.29, 0.717) is 36.0 Å². The molecule has 0 saturated heterocycles. The number of hydrogen-bond acceptors (Lipinski definition) is 4. The largest absolute Gasteiger partial charge is 0.507 e. The summed E-state index contributed by atoms with van der Waals surface area (Å²) in [6, 6.07) is 24.9. The number of phenolic OH excluding ortho intramolecular Hbond substituents is 1. The molecule has 0 radical (unpaired) electrons. The van der Waals surface area contributed by atoms with Crippen LogP contribution >= 0.6 is 0 Å². The van der Waals surface area contributed by atoms with E-state index in [4.69, 9.17) is 4.74 Å². The lowest BCUT2D eigenvalue weighted by Gasteiger charge is -2.27. The minimum Gasteiger partial charge on any atom is -0.507 e. The van der Waals surface area contributed by atoms with E-state index in [-0.39, 0.29) is 17.7 Å². The highest BCUT2D eigenvalue weighted by Crippen LogP contribution is 2.44. The highest BCUT2D eigenvalue weighted by Gasteiger charge is 2.42. The van der Waals surface area contributed by atoms with Crippen molar-refractivity contribution in [3.63, 3.8) is 0 Å². The molecule has 0 fully saturated rings. The lowest BCUT2D eigenvalue weighted by atomic mass is 9.95. The molecule has 1 aliphatic rings. The zero-order valence-electron chi connectivity index (χ0n) is 20.6. The van der Waals surface area contributed by atoms with Gasteiger partial charge in [-0.25, -0.2) is 0 Å². The van der Waals surface area contributed by atoms with Gasteiger partial charge in [0.15, 0.2) is 0 Å². The molecule has 1 atom stereocenters. The van der Waals surface area contributed by atoms with Gasteiger partial charge in [0, 0.05) is 17.7 Å². The van der Waals surface area contributed by atoms with Crippen LogP contribution in [0.4, 0.5) is 0 Å². The van der Waals surface area contributed by atoms with Gasteiger partial charge in [0.1, 0.15) is 22.9 Å². The Hall–Kier alpha value is -4.06. The van der Waals surface area contributed by atoms with E-state index in [2.05, 4.69) is 36.2 Å². The monoisotopic (exact) mass is 481 g/mol. The lowest BCUT2D eigenvalue weighted by Crippen LogP contribution is -2.31. The summed E-state index contributed by atoms with van der Waals surface area (Å²) in [6.45, 7) is 5.54. The fourth-order valence-electron chi connectivity index (χ4n) is 4.73. The van der Waals surface area contributed by atoms with E-state index >= 15 is 0 Å². The van der Waals surface area contributed by atoms with Gasteiger partial charge in [-0.15, -0.1) is 0 Å². The maximum atomic E-state index is 13.6. The molecular formula is C30H31N3O3. The van der Waals surface area contributed by atoms with Gasteiger partial charge in [-0.2, -0.15) is 5.10 Å². The number of aromatic amines is 1. The number of hydrogen-bond donors (Lipinski definition) is 2. The molecule has 0 spiro atoms. The van der Waals surface area contributed by atoms with Crippen molar-refractivity contribution in [2.75, 3.05) is 13.2 Å². The van der Waals surface area contributed by atoms with Gasteiger partial charge >= 0.3 is 0 Å². The molecule has 184 valence electrons. The first-order chi connectivity index (χ1) is 17.5. The van der Waals surface area contributed by atoms with Crippen molar-refractivity contribution in [3.8, 4) is 22.8 Å². The zero-order chi connectivity index (χ0) is 25.1. The molecule has 4 aromatic rings. The molecule has 5 rings (SSSR count). The summed E-state index contributed by atoms with van der Waals surface area (Å²) in [5.74, 6) is 1.38. The number of nitrogens with one attached hydrogen (secondary N) is 1. The van der Waals surface area contributed by atoms with Crippen molar-refractivity contribution >= 4 is 5.91 Å². The minimum absolute atomic E-state index is 0.0915. The number of aromatic nitrogens is 2. The van der Waals surface area contributed by atoms with Gasteiger partial charge < -0.3 is 14.7 Å². The van der Waals surface area contributed by atoms with E-state index in [1.165, 1.54) is 5.56 Å². The third kappa shape index (κ3) is 4.71. The fourth-order valence-corrected chi connectivity index (χ4v) is 4.73. The predicted molar refractivity (Wildman–Crippen MR) is 140 cm³/mol. The van der Waals surface area contributed by atoms with E-state index in [1.54, 1.807) is 12.1 Å². The number of amides is 1. The first-order valence-corrected chi connectivity index (χ1v) is 12.5. The third-order valence-corrected chi connectivity index (χ3v) is 6.64. The number of carbonyl (C=O) groups is 1. The van der Waals surface area contributed by atoms with Crippen molar-refractivity contribution in [3.05, 3.63) is 101 Å². The van der Waals surface area contributed by atoms with Crippen LogP contribution in [0.3, 0.4) is 0 Å². The summed E-state index contributed by atoms with van der Waals surface area (Å²) in [5, 5.41) is 18.0. The molecule has 2 heterocycles. The average Bonchev–Trinajstić information content (AvgIpc) is 3.42. The second-order valence-corrected chi connectivity index (χ2v) is 9.62. The standard InChI is InChI=1S/C30H31N3O3/c1-20(2)16-18-36-23-12-8-11-22(19-23)29-26-27(24-13-6-7-14-25(24)34)31-32-28(26)30(35)33(29)17-15-21-9-4-3-5-10-21/h3-14,19-20,29,34H,15-18H2,1-2H3,(H,31,32). The molecular weight excluding hydrogens is 450 g/mol. The van der Waals surface area contributed by atoms with E-state index in [0.717, 1.165) is 29.7 Å². The van der Waals surface area contributed by atoms with E-state index in [1.807, 2.05) is 59.5 Å². The van der Waals surface area contributed by atoms with Gasteiger partial charge in [-0.05, 0) is 54.2 Å². The topological polar surface area (TPSA) is 78.5 Å². The molecule has 1 aliphatic heterocycles. The average molecular weight is 482 g/mol. The Balaban J connectivity index is 1.54. The Bertz CT molecular complexity index is 1350. The van der Waals surface area contributed by atoms with Crippen molar-refractivity contribution in [1.82, 2.24) is 15.1 Å². The Kier molecular flexibility index (Phi) is 6.76.